The van der Waals surface area contributed by atoms with E-state index in [-0.39, 0.29) is 12.0 Å². The van der Waals surface area contributed by atoms with Gasteiger partial charge in [0.1, 0.15) is 29.1 Å². The fourth-order valence-corrected chi connectivity index (χ4v) is 2.77. The minimum Gasteiger partial charge on any atom is -0.487 e. The molecule has 8 nitrogen and oxygen atoms in total. The van der Waals surface area contributed by atoms with Gasteiger partial charge in [-0.05, 0) is 19.1 Å². The van der Waals surface area contributed by atoms with Crippen LogP contribution in [-0.4, -0.2) is 40.2 Å². The zero-order valence-electron chi connectivity index (χ0n) is 13.9. The van der Waals surface area contributed by atoms with E-state index in [0.29, 0.717) is 29.3 Å². The molecule has 3 heterocycles. The summed E-state index contributed by atoms with van der Waals surface area (Å²) in [7, 11) is 1.79. The summed E-state index contributed by atoms with van der Waals surface area (Å²) < 4.78 is 7.57. The molecule has 2 bridgehead atoms. The van der Waals surface area contributed by atoms with Gasteiger partial charge >= 0.3 is 0 Å². The molecular weight excluding hydrogens is 320 g/mol. The maximum Gasteiger partial charge on any atom is 0.256 e. The molecule has 0 radical (unpaired) electrons. The monoisotopic (exact) mass is 338 g/mol. The van der Waals surface area contributed by atoms with E-state index in [9.17, 15) is 4.79 Å². The van der Waals surface area contributed by atoms with Crippen LogP contribution in [0, 0.1) is 0 Å². The van der Waals surface area contributed by atoms with Gasteiger partial charge in [-0.25, -0.2) is 4.98 Å². The Bertz CT molecular complexity index is 951. The average molecular weight is 338 g/mol. The lowest BCUT2D eigenvalue weighted by atomic mass is 10.2. The second kappa shape index (κ2) is 5.97. The molecule has 3 N–H and O–H groups in total. The van der Waals surface area contributed by atoms with Crippen LogP contribution >= 0.6 is 0 Å². The number of carbonyl (C=O) groups excluding carboxylic acids is 1. The smallest absolute Gasteiger partial charge is 0.256 e. The Balaban J connectivity index is 1.91. The Morgan fingerprint density at radius 2 is 2.20 bits per heavy atom. The van der Waals surface area contributed by atoms with Crippen LogP contribution < -0.4 is 20.7 Å². The van der Waals surface area contributed by atoms with E-state index in [1.807, 2.05) is 37.3 Å². The highest BCUT2D eigenvalue weighted by Gasteiger charge is 2.19. The lowest BCUT2D eigenvalue weighted by molar-refractivity contribution is 0.0934. The van der Waals surface area contributed by atoms with E-state index in [0.717, 1.165) is 11.5 Å². The SMILES string of the molecule is CNc1cc2nc3c(cnn13)C(=O)NCC(C)Oc1ccccc1N2. The number of fused-ring (bicyclic) bond motifs is 2. The molecule has 1 atom stereocenters. The third-order valence-electron chi connectivity index (χ3n) is 4.00. The first kappa shape index (κ1) is 15.3. The van der Waals surface area contributed by atoms with E-state index >= 15 is 0 Å². The molecule has 0 fully saturated rings. The summed E-state index contributed by atoms with van der Waals surface area (Å²) in [5.74, 6) is 1.78. The third-order valence-corrected chi connectivity index (χ3v) is 4.00. The Hall–Kier alpha value is -3.29. The van der Waals surface area contributed by atoms with Gasteiger partial charge in [0.2, 0.25) is 0 Å². The molecule has 0 spiro atoms. The highest BCUT2D eigenvalue weighted by atomic mass is 16.5. The first-order chi connectivity index (χ1) is 12.2. The van der Waals surface area contributed by atoms with Crippen molar-refractivity contribution in [1.82, 2.24) is 19.9 Å². The third kappa shape index (κ3) is 2.71. The van der Waals surface area contributed by atoms with Crippen LogP contribution in [0.25, 0.3) is 5.65 Å². The highest BCUT2D eigenvalue weighted by molar-refractivity contribution is 6.00. The molecule has 1 amide bonds. The molecule has 8 heteroatoms. The standard InChI is InChI=1S/C17H18N6O2/c1-10-8-19-17(24)11-9-20-23-15(18-2)7-14(22-16(11)23)21-12-5-3-4-6-13(12)25-10/h3-7,9-10,18H,8H2,1-2H3,(H,19,24)(H,21,22). The van der Waals surface area contributed by atoms with Crippen LogP contribution in [0.4, 0.5) is 17.3 Å². The van der Waals surface area contributed by atoms with Gasteiger partial charge < -0.3 is 20.7 Å². The van der Waals surface area contributed by atoms with Crippen molar-refractivity contribution in [3.05, 3.63) is 42.1 Å². The van der Waals surface area contributed by atoms with Crippen molar-refractivity contribution in [2.45, 2.75) is 13.0 Å². The summed E-state index contributed by atoms with van der Waals surface area (Å²) >= 11 is 0. The minimum atomic E-state index is -0.231. The number of anilines is 3. The van der Waals surface area contributed by atoms with Crippen molar-refractivity contribution in [2.75, 3.05) is 24.2 Å². The number of benzene rings is 1. The summed E-state index contributed by atoms with van der Waals surface area (Å²) in [4.78, 5) is 17.1. The average Bonchev–Trinajstić information content (AvgIpc) is 3.04. The molecule has 0 saturated heterocycles. The maximum absolute atomic E-state index is 12.5. The van der Waals surface area contributed by atoms with Crippen LogP contribution in [0.15, 0.2) is 36.5 Å². The van der Waals surface area contributed by atoms with E-state index in [2.05, 4.69) is 26.0 Å². The number of nitrogens with zero attached hydrogens (tertiary/aromatic N) is 3. The van der Waals surface area contributed by atoms with Crippen molar-refractivity contribution >= 4 is 28.9 Å². The number of ether oxygens (including phenoxy) is 1. The van der Waals surface area contributed by atoms with Crippen LogP contribution in [0.1, 0.15) is 17.3 Å². The maximum atomic E-state index is 12.5. The van der Waals surface area contributed by atoms with Gasteiger partial charge in [-0.2, -0.15) is 9.61 Å². The Kier molecular flexibility index (Phi) is 3.64. The van der Waals surface area contributed by atoms with Crippen molar-refractivity contribution in [3.63, 3.8) is 0 Å². The van der Waals surface area contributed by atoms with E-state index < -0.39 is 0 Å². The number of aromatic nitrogens is 3. The van der Waals surface area contributed by atoms with Crippen molar-refractivity contribution in [2.24, 2.45) is 0 Å². The Morgan fingerprint density at radius 1 is 1.36 bits per heavy atom. The number of hydrogen-bond donors (Lipinski definition) is 3. The number of rotatable bonds is 1. The molecule has 1 aliphatic heterocycles. The topological polar surface area (TPSA) is 92.6 Å². The lowest BCUT2D eigenvalue weighted by Gasteiger charge is -2.19. The van der Waals surface area contributed by atoms with E-state index in [1.54, 1.807) is 11.6 Å². The van der Waals surface area contributed by atoms with Crippen LogP contribution in [-0.2, 0) is 0 Å². The number of amides is 1. The predicted molar refractivity (Wildman–Crippen MR) is 94.7 cm³/mol. The molecule has 2 aromatic heterocycles. The minimum absolute atomic E-state index is 0.184. The molecule has 0 saturated carbocycles. The van der Waals surface area contributed by atoms with Gasteiger partial charge in [0.25, 0.3) is 5.91 Å². The Morgan fingerprint density at radius 3 is 3.04 bits per heavy atom. The second-order valence-corrected chi connectivity index (χ2v) is 5.83. The highest BCUT2D eigenvalue weighted by Crippen LogP contribution is 2.29. The lowest BCUT2D eigenvalue weighted by Crippen LogP contribution is -2.33. The quantitative estimate of drug-likeness (QED) is 0.629. The molecule has 1 aromatic carbocycles. The Labute approximate surface area is 144 Å². The first-order valence-electron chi connectivity index (χ1n) is 8.03. The summed E-state index contributed by atoms with van der Waals surface area (Å²) in [5.41, 5.74) is 1.71. The summed E-state index contributed by atoms with van der Waals surface area (Å²) in [6, 6.07) is 9.47. The summed E-state index contributed by atoms with van der Waals surface area (Å²) in [6.45, 7) is 2.29. The van der Waals surface area contributed by atoms with Gasteiger partial charge in [0, 0.05) is 13.1 Å². The molecule has 4 rings (SSSR count). The number of hydrogen-bond acceptors (Lipinski definition) is 6. The van der Waals surface area contributed by atoms with Gasteiger partial charge in [0.05, 0.1) is 18.4 Å². The summed E-state index contributed by atoms with van der Waals surface area (Å²) in [6.07, 6.45) is 1.34. The fraction of sp³-hybridized carbons (Fsp3) is 0.235. The number of nitrogens with one attached hydrogen (secondary N) is 3. The molecule has 128 valence electrons. The van der Waals surface area contributed by atoms with Gasteiger partial charge in [-0.15, -0.1) is 0 Å². The van der Waals surface area contributed by atoms with Crippen LogP contribution in [0.3, 0.4) is 0 Å². The van der Waals surface area contributed by atoms with Crippen LogP contribution in [0.2, 0.25) is 0 Å². The van der Waals surface area contributed by atoms with Gasteiger partial charge in [0.15, 0.2) is 5.65 Å². The van der Waals surface area contributed by atoms with E-state index in [1.165, 1.54) is 6.20 Å². The van der Waals surface area contributed by atoms with Crippen molar-refractivity contribution in [3.8, 4) is 5.75 Å². The fourth-order valence-electron chi connectivity index (χ4n) is 2.77. The van der Waals surface area contributed by atoms with Crippen molar-refractivity contribution < 1.29 is 9.53 Å². The number of para-hydroxylation sites is 2. The van der Waals surface area contributed by atoms with Crippen molar-refractivity contribution in [1.29, 1.82) is 0 Å². The zero-order valence-corrected chi connectivity index (χ0v) is 13.9. The van der Waals surface area contributed by atoms with Crippen LogP contribution in [0.5, 0.6) is 5.75 Å². The largest absolute Gasteiger partial charge is 0.487 e. The molecular formula is C17H18N6O2. The van der Waals surface area contributed by atoms with Gasteiger partial charge in [-0.1, -0.05) is 12.1 Å². The molecule has 0 aliphatic carbocycles. The second-order valence-electron chi connectivity index (χ2n) is 5.83. The number of carbonyl (C=O) groups is 1. The summed E-state index contributed by atoms with van der Waals surface area (Å²) in [5, 5.41) is 13.5. The van der Waals surface area contributed by atoms with Gasteiger partial charge in [-0.3, -0.25) is 4.79 Å². The molecule has 1 aliphatic rings. The first-order valence-corrected chi connectivity index (χ1v) is 8.03. The molecule has 1 unspecified atom stereocenters. The predicted octanol–water partition coefficient (Wildman–Crippen LogP) is 2.03. The molecule has 25 heavy (non-hydrogen) atoms. The normalized spacial score (nSPS) is 16.9. The molecule has 3 aromatic rings. The zero-order chi connectivity index (χ0) is 17.4. The van der Waals surface area contributed by atoms with E-state index in [4.69, 9.17) is 4.74 Å².